The second-order valence-electron chi connectivity index (χ2n) is 6.88. The quantitative estimate of drug-likeness (QED) is 0.344. The summed E-state index contributed by atoms with van der Waals surface area (Å²) in [5.74, 6) is 1.66. The minimum atomic E-state index is -0.682. The Morgan fingerprint density at radius 2 is 1.41 bits per heavy atom. The number of rotatable bonds is 10. The first-order valence-corrected chi connectivity index (χ1v) is 10.3. The summed E-state index contributed by atoms with van der Waals surface area (Å²) in [4.78, 5) is 24.2. The van der Waals surface area contributed by atoms with Crippen LogP contribution < -0.4 is 24.3 Å². The number of carbonyl (C=O) groups excluding carboxylic acids is 2. The minimum absolute atomic E-state index is 0.436. The van der Waals surface area contributed by atoms with Gasteiger partial charge in [0.15, 0.2) is 18.1 Å². The van der Waals surface area contributed by atoms with Crippen molar-refractivity contribution in [3.63, 3.8) is 0 Å². The van der Waals surface area contributed by atoms with Gasteiger partial charge in [-0.2, -0.15) is 0 Å². The highest BCUT2D eigenvalue weighted by atomic mass is 16.5. The summed E-state index contributed by atoms with van der Waals surface area (Å²) in [7, 11) is 4.53. The molecular weight excluding hydrogens is 438 g/mol. The lowest BCUT2D eigenvalue weighted by Gasteiger charge is -2.12. The fourth-order valence-electron chi connectivity index (χ4n) is 2.95. The number of para-hydroxylation sites is 1. The van der Waals surface area contributed by atoms with E-state index in [4.69, 9.17) is 23.7 Å². The Bertz CT molecular complexity index is 1140. The van der Waals surface area contributed by atoms with Gasteiger partial charge in [-0.15, -0.1) is 0 Å². The molecule has 8 heteroatoms. The Kier molecular flexibility index (Phi) is 8.51. The van der Waals surface area contributed by atoms with Crippen molar-refractivity contribution >= 4 is 23.6 Å². The maximum atomic E-state index is 12.1. The van der Waals surface area contributed by atoms with Crippen LogP contribution in [-0.2, 0) is 14.3 Å². The van der Waals surface area contributed by atoms with Crippen LogP contribution in [0, 0.1) is 0 Å². The van der Waals surface area contributed by atoms with E-state index in [1.54, 1.807) is 36.4 Å². The number of carbonyl (C=O) groups is 2. The number of anilines is 1. The van der Waals surface area contributed by atoms with E-state index in [-0.39, 0.29) is 0 Å². The topological polar surface area (TPSA) is 92.3 Å². The molecule has 0 atom stereocenters. The molecule has 3 rings (SSSR count). The van der Waals surface area contributed by atoms with Crippen molar-refractivity contribution < 1.29 is 33.3 Å². The second kappa shape index (κ2) is 12.0. The number of esters is 1. The maximum Gasteiger partial charge on any atom is 0.331 e. The van der Waals surface area contributed by atoms with Crippen LogP contribution in [0.2, 0.25) is 0 Å². The van der Waals surface area contributed by atoms with Crippen LogP contribution in [-0.4, -0.2) is 39.8 Å². The molecule has 0 aliphatic rings. The van der Waals surface area contributed by atoms with Crippen LogP contribution in [0.1, 0.15) is 5.56 Å². The van der Waals surface area contributed by atoms with Crippen LogP contribution in [0.4, 0.5) is 5.69 Å². The van der Waals surface area contributed by atoms with Gasteiger partial charge in [-0.1, -0.05) is 18.2 Å². The maximum absolute atomic E-state index is 12.1. The van der Waals surface area contributed by atoms with Gasteiger partial charge >= 0.3 is 5.97 Å². The molecule has 0 aromatic heterocycles. The first-order valence-electron chi connectivity index (χ1n) is 10.3. The summed E-state index contributed by atoms with van der Waals surface area (Å²) in [6.07, 6.45) is 2.71. The highest BCUT2D eigenvalue weighted by Gasteiger charge is 2.11. The fraction of sp³-hybridized carbons (Fsp3) is 0.154. The predicted molar refractivity (Wildman–Crippen MR) is 128 cm³/mol. The van der Waals surface area contributed by atoms with E-state index >= 15 is 0 Å². The molecule has 8 nitrogen and oxygen atoms in total. The third-order valence-corrected chi connectivity index (χ3v) is 4.60. The number of methoxy groups -OCH3 is 3. The molecule has 0 bridgehead atoms. The second-order valence-corrected chi connectivity index (χ2v) is 6.88. The smallest absolute Gasteiger partial charge is 0.331 e. The number of amides is 1. The molecule has 0 aliphatic carbocycles. The van der Waals surface area contributed by atoms with Gasteiger partial charge in [-0.05, 0) is 48.5 Å². The van der Waals surface area contributed by atoms with Crippen LogP contribution in [0.15, 0.2) is 72.8 Å². The number of nitrogens with one attached hydrogen (secondary N) is 1. The van der Waals surface area contributed by atoms with Gasteiger partial charge in [-0.3, -0.25) is 4.79 Å². The van der Waals surface area contributed by atoms with Gasteiger partial charge in [0.1, 0.15) is 17.2 Å². The molecule has 3 aromatic rings. The molecule has 0 aliphatic heterocycles. The van der Waals surface area contributed by atoms with Gasteiger partial charge in [0.2, 0.25) is 0 Å². The molecule has 0 spiro atoms. The molecule has 0 unspecified atom stereocenters. The van der Waals surface area contributed by atoms with Gasteiger partial charge in [-0.25, -0.2) is 4.79 Å². The summed E-state index contributed by atoms with van der Waals surface area (Å²) < 4.78 is 26.5. The molecule has 0 radical (unpaired) electrons. The van der Waals surface area contributed by atoms with Gasteiger partial charge < -0.3 is 29.0 Å². The summed E-state index contributed by atoms with van der Waals surface area (Å²) in [5.41, 5.74) is 1.13. The Balaban J connectivity index is 1.51. The van der Waals surface area contributed by atoms with Crippen molar-refractivity contribution in [2.45, 2.75) is 0 Å². The average Bonchev–Trinajstić information content (AvgIpc) is 2.87. The standard InChI is InChI=1S/C26H25NO7/c1-30-22-16-24(32-3)23(31-2)15-18(22)9-14-26(29)33-17-25(28)27-19-10-12-21(13-11-19)34-20-7-5-4-6-8-20/h4-16H,17H2,1-3H3,(H,27,28)/b14-9+. The third-order valence-electron chi connectivity index (χ3n) is 4.60. The molecule has 1 amide bonds. The van der Waals surface area contributed by atoms with Crippen molar-refractivity contribution in [3.8, 4) is 28.7 Å². The molecule has 34 heavy (non-hydrogen) atoms. The number of ether oxygens (including phenoxy) is 5. The molecule has 0 heterocycles. The molecule has 0 saturated heterocycles. The number of hydrogen-bond donors (Lipinski definition) is 1. The van der Waals surface area contributed by atoms with Crippen molar-refractivity contribution in [2.75, 3.05) is 33.3 Å². The normalized spacial score (nSPS) is 10.4. The van der Waals surface area contributed by atoms with E-state index in [1.165, 1.54) is 33.5 Å². The zero-order chi connectivity index (χ0) is 24.3. The highest BCUT2D eigenvalue weighted by Crippen LogP contribution is 2.35. The van der Waals surface area contributed by atoms with E-state index < -0.39 is 18.5 Å². The third kappa shape index (κ3) is 6.77. The SMILES string of the molecule is COc1cc(OC)c(OC)cc1/C=C/C(=O)OCC(=O)Nc1ccc(Oc2ccccc2)cc1. The van der Waals surface area contributed by atoms with Crippen LogP contribution in [0.5, 0.6) is 28.7 Å². The van der Waals surface area contributed by atoms with Gasteiger partial charge in [0.25, 0.3) is 5.91 Å². The first-order chi connectivity index (χ1) is 16.5. The lowest BCUT2D eigenvalue weighted by atomic mass is 10.1. The molecule has 1 N–H and O–H groups in total. The Morgan fingerprint density at radius 1 is 0.794 bits per heavy atom. The van der Waals surface area contributed by atoms with E-state index in [1.807, 2.05) is 30.3 Å². The van der Waals surface area contributed by atoms with Crippen LogP contribution >= 0.6 is 0 Å². The largest absolute Gasteiger partial charge is 0.496 e. The summed E-state index contributed by atoms with van der Waals surface area (Å²) >= 11 is 0. The molecule has 176 valence electrons. The van der Waals surface area contributed by atoms with E-state index in [9.17, 15) is 9.59 Å². The predicted octanol–water partition coefficient (Wildman–Crippen LogP) is 4.70. The van der Waals surface area contributed by atoms with Gasteiger partial charge in [0, 0.05) is 23.4 Å². The van der Waals surface area contributed by atoms with Crippen molar-refractivity contribution in [1.29, 1.82) is 0 Å². The fourth-order valence-corrected chi connectivity index (χ4v) is 2.95. The zero-order valence-electron chi connectivity index (χ0n) is 19.1. The Labute approximate surface area is 197 Å². The minimum Gasteiger partial charge on any atom is -0.496 e. The van der Waals surface area contributed by atoms with E-state index in [2.05, 4.69) is 5.32 Å². The number of benzene rings is 3. The summed E-state index contributed by atoms with van der Waals surface area (Å²) in [6, 6.07) is 19.5. The first kappa shape index (κ1) is 24.2. The van der Waals surface area contributed by atoms with Crippen molar-refractivity contribution in [2.24, 2.45) is 0 Å². The molecule has 3 aromatic carbocycles. The monoisotopic (exact) mass is 463 g/mol. The summed E-state index contributed by atoms with van der Waals surface area (Å²) in [6.45, 7) is -0.436. The Morgan fingerprint density at radius 3 is 2.06 bits per heavy atom. The summed E-state index contributed by atoms with van der Waals surface area (Å²) in [5, 5.41) is 2.66. The van der Waals surface area contributed by atoms with Gasteiger partial charge in [0.05, 0.1) is 21.3 Å². The van der Waals surface area contributed by atoms with Crippen molar-refractivity contribution in [3.05, 3.63) is 78.4 Å². The number of hydrogen-bond acceptors (Lipinski definition) is 7. The highest BCUT2D eigenvalue weighted by molar-refractivity contribution is 5.94. The zero-order valence-corrected chi connectivity index (χ0v) is 19.1. The van der Waals surface area contributed by atoms with Crippen molar-refractivity contribution in [1.82, 2.24) is 0 Å². The van der Waals surface area contributed by atoms with E-state index in [0.717, 1.165) is 0 Å². The lowest BCUT2D eigenvalue weighted by molar-refractivity contribution is -0.142. The average molecular weight is 463 g/mol. The molecular formula is C26H25NO7. The molecule has 0 fully saturated rings. The molecule has 0 saturated carbocycles. The Hall–Kier alpha value is -4.46. The van der Waals surface area contributed by atoms with Crippen LogP contribution in [0.25, 0.3) is 6.08 Å². The van der Waals surface area contributed by atoms with Crippen LogP contribution in [0.3, 0.4) is 0 Å². The lowest BCUT2D eigenvalue weighted by Crippen LogP contribution is -2.20. The van der Waals surface area contributed by atoms with E-state index in [0.29, 0.717) is 40.0 Å².